The van der Waals surface area contributed by atoms with E-state index < -0.39 is 29.4 Å². The SMILES string of the molecule is NS(=O)(=O)c1cnc(OC2CCN(C(CF)CF)C2)c(Cl)c1. The van der Waals surface area contributed by atoms with E-state index in [1.807, 2.05) is 0 Å². The van der Waals surface area contributed by atoms with Crippen LogP contribution in [0.4, 0.5) is 8.78 Å². The number of hydrogen-bond donors (Lipinski definition) is 1. The number of alkyl halides is 2. The molecule has 0 aromatic carbocycles. The van der Waals surface area contributed by atoms with Crippen molar-refractivity contribution in [1.29, 1.82) is 0 Å². The molecule has 1 aromatic rings. The lowest BCUT2D eigenvalue weighted by Crippen LogP contribution is -2.38. The van der Waals surface area contributed by atoms with Crippen LogP contribution in [-0.2, 0) is 10.0 Å². The minimum absolute atomic E-state index is 0.0116. The van der Waals surface area contributed by atoms with Crippen LogP contribution in [0.3, 0.4) is 0 Å². The molecule has 0 aliphatic carbocycles. The third kappa shape index (κ3) is 4.03. The first-order valence-corrected chi connectivity index (χ1v) is 8.48. The Morgan fingerprint density at radius 1 is 1.50 bits per heavy atom. The van der Waals surface area contributed by atoms with Crippen LogP contribution >= 0.6 is 11.6 Å². The lowest BCUT2D eigenvalue weighted by molar-refractivity contribution is 0.139. The number of sulfonamides is 1. The zero-order valence-corrected chi connectivity index (χ0v) is 13.2. The summed E-state index contributed by atoms with van der Waals surface area (Å²) in [6.45, 7) is -0.653. The van der Waals surface area contributed by atoms with Gasteiger partial charge in [0.05, 0.1) is 12.2 Å². The van der Waals surface area contributed by atoms with Gasteiger partial charge in [0.15, 0.2) is 0 Å². The molecule has 0 spiro atoms. The molecule has 22 heavy (non-hydrogen) atoms. The largest absolute Gasteiger partial charge is 0.472 e. The first-order valence-electron chi connectivity index (χ1n) is 6.56. The standard InChI is InChI=1S/C12H16ClF2N3O3S/c13-11-3-10(22(16,19)20)6-17-12(11)21-9-1-2-18(7-9)8(4-14)5-15/h3,6,8-9H,1-2,4-5,7H2,(H2,16,19,20). The average molecular weight is 356 g/mol. The maximum atomic E-state index is 12.7. The Bertz CT molecular complexity index is 628. The first-order chi connectivity index (χ1) is 10.3. The predicted octanol–water partition coefficient (Wildman–Crippen LogP) is 1.14. The molecule has 6 nitrogen and oxygen atoms in total. The van der Waals surface area contributed by atoms with Crippen LogP contribution in [0.5, 0.6) is 5.88 Å². The minimum atomic E-state index is -3.89. The molecular weight excluding hydrogens is 340 g/mol. The summed E-state index contributed by atoms with van der Waals surface area (Å²) in [6.07, 6.45) is 1.31. The Labute approximate surface area is 132 Å². The zero-order chi connectivity index (χ0) is 16.3. The normalized spacial score (nSPS) is 19.8. The van der Waals surface area contributed by atoms with Crippen LogP contribution in [0.25, 0.3) is 0 Å². The quantitative estimate of drug-likeness (QED) is 0.827. The smallest absolute Gasteiger partial charge is 0.239 e. The van der Waals surface area contributed by atoms with Crippen molar-refractivity contribution >= 4 is 21.6 Å². The molecule has 0 bridgehead atoms. The van der Waals surface area contributed by atoms with Crippen molar-refractivity contribution in [1.82, 2.24) is 9.88 Å². The van der Waals surface area contributed by atoms with E-state index in [1.165, 1.54) is 0 Å². The number of hydrogen-bond acceptors (Lipinski definition) is 5. The number of pyridine rings is 1. The average Bonchev–Trinajstić information content (AvgIpc) is 2.90. The summed E-state index contributed by atoms with van der Waals surface area (Å²) in [4.78, 5) is 5.29. The molecule has 2 N–H and O–H groups in total. The van der Waals surface area contributed by atoms with Gasteiger partial charge in [0, 0.05) is 13.1 Å². The molecule has 10 heteroatoms. The molecule has 124 valence electrons. The van der Waals surface area contributed by atoms with E-state index in [4.69, 9.17) is 21.5 Å². The van der Waals surface area contributed by atoms with Crippen LogP contribution in [0, 0.1) is 0 Å². The van der Waals surface area contributed by atoms with E-state index in [1.54, 1.807) is 4.90 Å². The van der Waals surface area contributed by atoms with Gasteiger partial charge in [-0.25, -0.2) is 27.3 Å². The third-order valence-electron chi connectivity index (χ3n) is 3.44. The van der Waals surface area contributed by atoms with Gasteiger partial charge < -0.3 is 4.74 Å². The van der Waals surface area contributed by atoms with E-state index in [9.17, 15) is 17.2 Å². The molecular formula is C12H16ClF2N3O3S. The highest BCUT2D eigenvalue weighted by Crippen LogP contribution is 2.27. The van der Waals surface area contributed by atoms with Crippen molar-refractivity contribution in [2.24, 2.45) is 5.14 Å². The molecule has 1 fully saturated rings. The number of nitrogens with two attached hydrogens (primary N) is 1. The Hall–Kier alpha value is -1.03. The molecule has 0 radical (unpaired) electrons. The summed E-state index contributed by atoms with van der Waals surface area (Å²) in [5, 5.41) is 4.99. The number of likely N-dealkylation sites (tertiary alicyclic amines) is 1. The summed E-state index contributed by atoms with van der Waals surface area (Å²) < 4.78 is 53.3. The van der Waals surface area contributed by atoms with E-state index in [0.29, 0.717) is 19.5 Å². The molecule has 1 atom stereocenters. The van der Waals surface area contributed by atoms with Crippen molar-refractivity contribution < 1.29 is 21.9 Å². The molecule has 1 aromatic heterocycles. The summed E-state index contributed by atoms with van der Waals surface area (Å²) in [5.74, 6) is 0.0676. The molecule has 0 amide bonds. The molecule has 1 aliphatic rings. The van der Waals surface area contributed by atoms with Crippen LogP contribution in [-0.4, -0.2) is 56.9 Å². The van der Waals surface area contributed by atoms with E-state index >= 15 is 0 Å². The van der Waals surface area contributed by atoms with Crippen LogP contribution in [0.2, 0.25) is 5.02 Å². The molecule has 0 saturated carbocycles. The molecule has 1 aliphatic heterocycles. The maximum Gasteiger partial charge on any atom is 0.239 e. The fourth-order valence-corrected chi connectivity index (χ4v) is 2.98. The Balaban J connectivity index is 2.03. The van der Waals surface area contributed by atoms with Crippen molar-refractivity contribution in [3.8, 4) is 5.88 Å². The highest BCUT2D eigenvalue weighted by Gasteiger charge is 2.30. The number of ether oxygens (including phenoxy) is 1. The second kappa shape index (κ2) is 7.03. The lowest BCUT2D eigenvalue weighted by Gasteiger charge is -2.22. The molecule has 2 rings (SSSR count). The number of rotatable bonds is 6. The van der Waals surface area contributed by atoms with Gasteiger partial charge in [0.2, 0.25) is 15.9 Å². The van der Waals surface area contributed by atoms with E-state index in [0.717, 1.165) is 12.3 Å². The number of halogens is 3. The number of nitrogens with zero attached hydrogens (tertiary/aromatic N) is 2. The zero-order valence-electron chi connectivity index (χ0n) is 11.6. The van der Waals surface area contributed by atoms with Gasteiger partial charge in [0.25, 0.3) is 0 Å². The van der Waals surface area contributed by atoms with Crippen molar-refractivity contribution in [3.05, 3.63) is 17.3 Å². The summed E-state index contributed by atoms with van der Waals surface area (Å²) >= 11 is 5.93. The number of aromatic nitrogens is 1. The van der Waals surface area contributed by atoms with Crippen LogP contribution < -0.4 is 9.88 Å². The Kier molecular flexibility index (Phi) is 5.54. The van der Waals surface area contributed by atoms with Gasteiger partial charge >= 0.3 is 0 Å². The molecule has 2 heterocycles. The summed E-state index contributed by atoms with van der Waals surface area (Å²) in [5.41, 5.74) is 0. The summed E-state index contributed by atoms with van der Waals surface area (Å²) in [6, 6.07) is 0.388. The topological polar surface area (TPSA) is 85.5 Å². The predicted molar refractivity (Wildman–Crippen MR) is 77.0 cm³/mol. The van der Waals surface area contributed by atoms with Gasteiger partial charge in [-0.05, 0) is 12.5 Å². The van der Waals surface area contributed by atoms with Crippen molar-refractivity contribution in [3.63, 3.8) is 0 Å². The first kappa shape index (κ1) is 17.3. The van der Waals surface area contributed by atoms with E-state index in [-0.39, 0.29) is 21.9 Å². The highest BCUT2D eigenvalue weighted by atomic mass is 35.5. The van der Waals surface area contributed by atoms with Crippen LogP contribution in [0.15, 0.2) is 17.2 Å². The minimum Gasteiger partial charge on any atom is -0.472 e. The van der Waals surface area contributed by atoms with Gasteiger partial charge in [-0.2, -0.15) is 0 Å². The third-order valence-corrected chi connectivity index (χ3v) is 4.59. The Morgan fingerprint density at radius 2 is 2.18 bits per heavy atom. The highest BCUT2D eigenvalue weighted by molar-refractivity contribution is 7.89. The molecule has 1 unspecified atom stereocenters. The van der Waals surface area contributed by atoms with Crippen molar-refractivity contribution in [2.45, 2.75) is 23.5 Å². The second-order valence-corrected chi connectivity index (χ2v) is 6.96. The lowest BCUT2D eigenvalue weighted by atomic mass is 10.3. The van der Waals surface area contributed by atoms with Gasteiger partial charge in [-0.1, -0.05) is 11.6 Å². The van der Waals surface area contributed by atoms with Gasteiger partial charge in [-0.15, -0.1) is 0 Å². The van der Waals surface area contributed by atoms with Gasteiger partial charge in [0.1, 0.15) is 29.4 Å². The Morgan fingerprint density at radius 3 is 2.73 bits per heavy atom. The van der Waals surface area contributed by atoms with Gasteiger partial charge in [-0.3, -0.25) is 4.90 Å². The monoisotopic (exact) mass is 355 g/mol. The fraction of sp³-hybridized carbons (Fsp3) is 0.583. The molecule has 1 saturated heterocycles. The van der Waals surface area contributed by atoms with Crippen LogP contribution in [0.1, 0.15) is 6.42 Å². The fourth-order valence-electron chi connectivity index (χ4n) is 2.23. The number of primary sulfonamides is 1. The maximum absolute atomic E-state index is 12.7. The van der Waals surface area contributed by atoms with E-state index in [2.05, 4.69) is 4.98 Å². The van der Waals surface area contributed by atoms with Crippen molar-refractivity contribution in [2.75, 3.05) is 26.4 Å². The second-order valence-electron chi connectivity index (χ2n) is 4.99. The summed E-state index contributed by atoms with van der Waals surface area (Å²) in [7, 11) is -3.89.